The summed E-state index contributed by atoms with van der Waals surface area (Å²) in [6.45, 7) is 0. The lowest BCUT2D eigenvalue weighted by atomic mass is 10.2. The maximum atomic E-state index is 11.0. The van der Waals surface area contributed by atoms with E-state index in [1.165, 1.54) is 12.5 Å². The molecular formula is C6H5BrN2O2. The maximum absolute atomic E-state index is 11.0. The second kappa shape index (κ2) is 3.43. The Kier molecular flexibility index (Phi) is 2.53. The van der Waals surface area contributed by atoms with Gasteiger partial charge in [-0.3, -0.25) is 9.59 Å². The first-order valence-corrected chi connectivity index (χ1v) is 3.99. The summed E-state index contributed by atoms with van der Waals surface area (Å²) in [7, 11) is 0. The summed E-state index contributed by atoms with van der Waals surface area (Å²) < 4.78 is 0. The van der Waals surface area contributed by atoms with E-state index in [4.69, 9.17) is 0 Å². The molecule has 1 aromatic rings. The van der Waals surface area contributed by atoms with Gasteiger partial charge in [0.05, 0.1) is 17.9 Å². The fourth-order valence-electron chi connectivity index (χ4n) is 0.591. The molecule has 0 amide bonds. The van der Waals surface area contributed by atoms with Crippen LogP contribution in [0.3, 0.4) is 0 Å². The minimum absolute atomic E-state index is 0.0465. The predicted octanol–water partition coefficient (Wildman–Crippen LogP) is 0.556. The number of aromatic amines is 1. The van der Waals surface area contributed by atoms with E-state index in [0.29, 0.717) is 0 Å². The van der Waals surface area contributed by atoms with Crippen molar-refractivity contribution in [3.63, 3.8) is 0 Å². The molecule has 0 radical (unpaired) electrons. The number of carbonyl (C=O) groups excluding carboxylic acids is 2. The van der Waals surface area contributed by atoms with Crippen molar-refractivity contribution in [2.24, 2.45) is 0 Å². The third-order valence-corrected chi connectivity index (χ3v) is 1.63. The highest BCUT2D eigenvalue weighted by molar-refractivity contribution is 9.09. The normalized spacial score (nSPS) is 9.55. The first-order valence-electron chi connectivity index (χ1n) is 2.87. The van der Waals surface area contributed by atoms with E-state index in [-0.39, 0.29) is 11.0 Å². The van der Waals surface area contributed by atoms with Gasteiger partial charge in [0.1, 0.15) is 5.69 Å². The van der Waals surface area contributed by atoms with Crippen molar-refractivity contribution in [2.75, 3.05) is 5.33 Å². The van der Waals surface area contributed by atoms with Crippen LogP contribution in [0.1, 0.15) is 10.5 Å². The van der Waals surface area contributed by atoms with Gasteiger partial charge in [-0.05, 0) is 0 Å². The molecule has 0 aliphatic carbocycles. The molecule has 0 unspecified atom stereocenters. The van der Waals surface area contributed by atoms with Crippen LogP contribution in [0, 0.1) is 0 Å². The predicted molar refractivity (Wildman–Crippen MR) is 41.7 cm³/mol. The molecule has 0 aromatic carbocycles. The summed E-state index contributed by atoms with van der Waals surface area (Å²) in [6, 6.07) is 0. The van der Waals surface area contributed by atoms with Gasteiger partial charge in [-0.1, -0.05) is 15.9 Å². The first kappa shape index (κ1) is 8.13. The fourth-order valence-corrected chi connectivity index (χ4v) is 0.846. The fraction of sp³-hybridized carbons (Fsp3) is 0.167. The van der Waals surface area contributed by atoms with Crippen molar-refractivity contribution in [3.05, 3.63) is 18.2 Å². The van der Waals surface area contributed by atoms with E-state index in [2.05, 4.69) is 25.9 Å². The molecule has 5 heteroatoms. The molecule has 0 bridgehead atoms. The van der Waals surface area contributed by atoms with E-state index in [1.54, 1.807) is 0 Å². The number of carbonyl (C=O) groups is 2. The quantitative estimate of drug-likeness (QED) is 0.457. The zero-order valence-corrected chi connectivity index (χ0v) is 7.09. The number of rotatable bonds is 3. The van der Waals surface area contributed by atoms with Crippen LogP contribution in [0.25, 0.3) is 0 Å². The minimum atomic E-state index is -0.542. The van der Waals surface area contributed by atoms with Crippen molar-refractivity contribution in [2.45, 2.75) is 0 Å². The number of hydrogen-bond donors (Lipinski definition) is 1. The smallest absolute Gasteiger partial charge is 0.247 e. The minimum Gasteiger partial charge on any atom is -0.342 e. The Labute approximate surface area is 71.1 Å². The van der Waals surface area contributed by atoms with Crippen molar-refractivity contribution in [3.8, 4) is 0 Å². The summed E-state index contributed by atoms with van der Waals surface area (Å²) in [4.78, 5) is 27.9. The number of Topliss-reactive ketones (excluding diaryl/α,β-unsaturated/α-hetero) is 2. The monoisotopic (exact) mass is 216 g/mol. The number of nitrogens with one attached hydrogen (secondary N) is 1. The number of H-pyrrole nitrogens is 1. The molecule has 0 saturated carbocycles. The molecule has 0 aliphatic heterocycles. The highest BCUT2D eigenvalue weighted by atomic mass is 79.9. The highest BCUT2D eigenvalue weighted by Gasteiger charge is 2.14. The van der Waals surface area contributed by atoms with E-state index in [0.717, 1.165) is 0 Å². The summed E-state index contributed by atoms with van der Waals surface area (Å²) >= 11 is 2.90. The standard InChI is InChI=1S/C6H5BrN2O2/c7-1-5(10)6(11)4-2-8-3-9-4/h2-3H,1H2,(H,8,9). The average molecular weight is 217 g/mol. The van der Waals surface area contributed by atoms with Crippen LogP contribution in [0.15, 0.2) is 12.5 Å². The van der Waals surface area contributed by atoms with Crippen molar-refractivity contribution < 1.29 is 9.59 Å². The van der Waals surface area contributed by atoms with Crippen LogP contribution in [0.5, 0.6) is 0 Å². The lowest BCUT2D eigenvalue weighted by Crippen LogP contribution is -2.15. The molecule has 0 saturated heterocycles. The molecule has 4 nitrogen and oxygen atoms in total. The Balaban J connectivity index is 2.79. The highest BCUT2D eigenvalue weighted by Crippen LogP contribution is 1.96. The van der Waals surface area contributed by atoms with Crippen LogP contribution in [0.2, 0.25) is 0 Å². The lowest BCUT2D eigenvalue weighted by Gasteiger charge is -1.89. The molecule has 11 heavy (non-hydrogen) atoms. The number of nitrogens with zero attached hydrogens (tertiary/aromatic N) is 1. The molecule has 0 spiro atoms. The van der Waals surface area contributed by atoms with E-state index in [1.807, 2.05) is 0 Å². The summed E-state index contributed by atoms with van der Waals surface area (Å²) in [5, 5.41) is 0.0465. The number of aromatic nitrogens is 2. The average Bonchev–Trinajstić information content (AvgIpc) is 2.53. The van der Waals surface area contributed by atoms with Crippen molar-refractivity contribution in [1.29, 1.82) is 0 Å². The molecule has 0 fully saturated rings. The van der Waals surface area contributed by atoms with Gasteiger partial charge in [-0.25, -0.2) is 4.98 Å². The molecule has 0 atom stereocenters. The van der Waals surface area contributed by atoms with E-state index < -0.39 is 11.6 Å². The topological polar surface area (TPSA) is 62.8 Å². The summed E-state index contributed by atoms with van der Waals surface area (Å²) in [5.74, 6) is -1.02. The number of imidazole rings is 1. The SMILES string of the molecule is O=C(CBr)C(=O)c1cnc[nH]1. The van der Waals surface area contributed by atoms with E-state index >= 15 is 0 Å². The number of alkyl halides is 1. The van der Waals surface area contributed by atoms with Gasteiger partial charge in [0.25, 0.3) is 0 Å². The third-order valence-electron chi connectivity index (χ3n) is 1.12. The second-order valence-electron chi connectivity index (χ2n) is 1.85. The van der Waals surface area contributed by atoms with Crippen LogP contribution >= 0.6 is 15.9 Å². The lowest BCUT2D eigenvalue weighted by molar-refractivity contribution is -0.112. The number of hydrogen-bond acceptors (Lipinski definition) is 3. The van der Waals surface area contributed by atoms with Crippen molar-refractivity contribution >= 4 is 27.5 Å². The molecule has 1 heterocycles. The Morgan fingerprint density at radius 2 is 2.36 bits per heavy atom. The number of halogens is 1. The van der Waals surface area contributed by atoms with Gasteiger partial charge in [-0.2, -0.15) is 0 Å². The molecular weight excluding hydrogens is 212 g/mol. The van der Waals surface area contributed by atoms with Gasteiger partial charge in [0.15, 0.2) is 0 Å². The molecule has 1 aromatic heterocycles. The Bertz CT molecular complexity index is 268. The van der Waals surface area contributed by atoms with Gasteiger partial charge in [0, 0.05) is 0 Å². The zero-order valence-electron chi connectivity index (χ0n) is 5.50. The number of ketones is 2. The maximum Gasteiger partial charge on any atom is 0.247 e. The molecule has 1 rings (SSSR count). The van der Waals surface area contributed by atoms with Gasteiger partial charge in [0.2, 0.25) is 11.6 Å². The van der Waals surface area contributed by atoms with Gasteiger partial charge < -0.3 is 4.98 Å². The molecule has 1 N–H and O–H groups in total. The largest absolute Gasteiger partial charge is 0.342 e. The van der Waals surface area contributed by atoms with Crippen LogP contribution in [0.4, 0.5) is 0 Å². The van der Waals surface area contributed by atoms with Gasteiger partial charge >= 0.3 is 0 Å². The summed E-state index contributed by atoms with van der Waals surface area (Å²) in [5.41, 5.74) is 0.231. The van der Waals surface area contributed by atoms with E-state index in [9.17, 15) is 9.59 Å². The summed E-state index contributed by atoms with van der Waals surface area (Å²) in [6.07, 6.45) is 2.68. The van der Waals surface area contributed by atoms with Crippen LogP contribution in [-0.2, 0) is 4.79 Å². The molecule has 0 aliphatic rings. The van der Waals surface area contributed by atoms with Crippen LogP contribution < -0.4 is 0 Å². The Morgan fingerprint density at radius 1 is 1.64 bits per heavy atom. The Morgan fingerprint density at radius 3 is 2.82 bits per heavy atom. The second-order valence-corrected chi connectivity index (χ2v) is 2.41. The third kappa shape index (κ3) is 1.74. The van der Waals surface area contributed by atoms with Crippen LogP contribution in [-0.4, -0.2) is 26.9 Å². The van der Waals surface area contributed by atoms with Gasteiger partial charge in [-0.15, -0.1) is 0 Å². The molecule has 58 valence electrons. The Hall–Kier alpha value is -0.970. The first-order chi connectivity index (χ1) is 5.25. The zero-order chi connectivity index (χ0) is 8.27. The van der Waals surface area contributed by atoms with Crippen molar-refractivity contribution in [1.82, 2.24) is 9.97 Å².